The first-order valence-corrected chi connectivity index (χ1v) is 7.14. The molecule has 0 atom stereocenters. The van der Waals surface area contributed by atoms with E-state index in [2.05, 4.69) is 25.4 Å². The summed E-state index contributed by atoms with van der Waals surface area (Å²) in [7, 11) is 0. The molecule has 0 aliphatic heterocycles. The molecule has 8 nitrogen and oxygen atoms in total. The van der Waals surface area contributed by atoms with Crippen molar-refractivity contribution < 1.29 is 4.79 Å². The van der Waals surface area contributed by atoms with E-state index in [1.807, 2.05) is 13.8 Å². The summed E-state index contributed by atoms with van der Waals surface area (Å²) in [5, 5.41) is 6.82. The second-order valence-electron chi connectivity index (χ2n) is 5.40. The second kappa shape index (κ2) is 6.50. The lowest BCUT2D eigenvalue weighted by Gasteiger charge is -2.11. The first-order valence-electron chi connectivity index (χ1n) is 7.14. The molecule has 0 saturated heterocycles. The Morgan fingerprint density at radius 2 is 2.14 bits per heavy atom. The molecule has 8 heteroatoms. The zero-order valence-corrected chi connectivity index (χ0v) is 13.2. The van der Waals surface area contributed by atoms with Crippen LogP contribution in [0.5, 0.6) is 0 Å². The van der Waals surface area contributed by atoms with Crippen LogP contribution in [-0.4, -0.2) is 30.6 Å². The van der Waals surface area contributed by atoms with Gasteiger partial charge < -0.3 is 4.98 Å². The summed E-state index contributed by atoms with van der Waals surface area (Å²) in [5.41, 5.74) is 1.92. The summed E-state index contributed by atoms with van der Waals surface area (Å²) in [4.78, 5) is 33.9. The maximum absolute atomic E-state index is 12.1. The number of H-pyrrole nitrogens is 1. The third kappa shape index (κ3) is 3.57. The van der Waals surface area contributed by atoms with E-state index < -0.39 is 0 Å². The van der Waals surface area contributed by atoms with Crippen LogP contribution in [0.15, 0.2) is 11.1 Å². The third-order valence-corrected chi connectivity index (χ3v) is 3.37. The Balaban J connectivity index is 2.02. The molecule has 1 amide bonds. The number of aromatic nitrogens is 5. The normalized spacial score (nSPS) is 11.0. The number of anilines is 1. The van der Waals surface area contributed by atoms with E-state index in [0.717, 1.165) is 11.3 Å². The van der Waals surface area contributed by atoms with Gasteiger partial charge in [-0.15, -0.1) is 0 Å². The van der Waals surface area contributed by atoms with Crippen molar-refractivity contribution in [3.05, 3.63) is 33.8 Å². The average molecular weight is 304 g/mol. The molecule has 2 rings (SSSR count). The fourth-order valence-electron chi connectivity index (χ4n) is 2.27. The molecule has 2 N–H and O–H groups in total. The highest BCUT2D eigenvalue weighted by Gasteiger charge is 2.13. The minimum atomic E-state index is -0.367. The molecule has 118 valence electrons. The maximum atomic E-state index is 12.1. The van der Waals surface area contributed by atoms with Gasteiger partial charge in [0.25, 0.3) is 0 Å². The summed E-state index contributed by atoms with van der Waals surface area (Å²) >= 11 is 0. The summed E-state index contributed by atoms with van der Waals surface area (Å²) in [6, 6.07) is 0.116. The van der Waals surface area contributed by atoms with E-state index in [4.69, 9.17) is 0 Å². The van der Waals surface area contributed by atoms with Gasteiger partial charge in [0.05, 0.1) is 6.04 Å². The second-order valence-corrected chi connectivity index (χ2v) is 5.40. The molecule has 0 saturated carbocycles. The van der Waals surface area contributed by atoms with Crippen LogP contribution in [0.4, 0.5) is 5.95 Å². The van der Waals surface area contributed by atoms with Gasteiger partial charge in [-0.2, -0.15) is 15.1 Å². The Kier molecular flexibility index (Phi) is 4.69. The highest BCUT2D eigenvalue weighted by molar-refractivity contribution is 5.89. The van der Waals surface area contributed by atoms with Crippen molar-refractivity contribution in [2.75, 3.05) is 5.32 Å². The molecule has 0 radical (unpaired) electrons. The summed E-state index contributed by atoms with van der Waals surface area (Å²) in [6.07, 6.45) is 2.19. The van der Waals surface area contributed by atoms with Crippen molar-refractivity contribution in [2.45, 2.75) is 46.6 Å². The Bertz CT molecular complexity index is 705. The van der Waals surface area contributed by atoms with E-state index in [0.29, 0.717) is 18.1 Å². The number of rotatable bonds is 5. The molecular formula is C14H20N6O2. The van der Waals surface area contributed by atoms with Gasteiger partial charge in [-0.3, -0.25) is 10.1 Å². The van der Waals surface area contributed by atoms with Crippen LogP contribution in [-0.2, 0) is 11.2 Å². The predicted octanol–water partition coefficient (Wildman–Crippen LogP) is 1.13. The van der Waals surface area contributed by atoms with Gasteiger partial charge in [0.15, 0.2) is 0 Å². The number of amides is 1. The van der Waals surface area contributed by atoms with Gasteiger partial charge >= 0.3 is 5.69 Å². The average Bonchev–Trinajstić information content (AvgIpc) is 2.85. The third-order valence-electron chi connectivity index (χ3n) is 3.37. The van der Waals surface area contributed by atoms with Crippen LogP contribution in [0.3, 0.4) is 0 Å². The smallest absolute Gasteiger partial charge is 0.310 e. The lowest BCUT2D eigenvalue weighted by Crippen LogP contribution is -2.20. The van der Waals surface area contributed by atoms with Gasteiger partial charge in [0, 0.05) is 17.8 Å². The quantitative estimate of drug-likeness (QED) is 0.861. The molecule has 0 bridgehead atoms. The Hall–Kier alpha value is -2.51. The van der Waals surface area contributed by atoms with Crippen molar-refractivity contribution >= 4 is 11.9 Å². The number of aromatic amines is 1. The molecular weight excluding hydrogens is 284 g/mol. The topological polar surface area (TPSA) is 106 Å². The molecule has 0 aliphatic rings. The number of nitrogens with one attached hydrogen (secondary N) is 2. The maximum Gasteiger partial charge on any atom is 0.345 e. The van der Waals surface area contributed by atoms with E-state index in [1.165, 1.54) is 6.33 Å². The van der Waals surface area contributed by atoms with Gasteiger partial charge in [-0.05, 0) is 39.7 Å². The lowest BCUT2D eigenvalue weighted by atomic mass is 10.1. The zero-order valence-electron chi connectivity index (χ0n) is 13.2. The Morgan fingerprint density at radius 3 is 2.77 bits per heavy atom. The number of nitrogens with zero attached hydrogens (tertiary/aromatic N) is 4. The number of carbonyl (C=O) groups is 1. The molecule has 0 fully saturated rings. The molecule has 0 aliphatic carbocycles. The van der Waals surface area contributed by atoms with Crippen molar-refractivity contribution in [3.63, 3.8) is 0 Å². The van der Waals surface area contributed by atoms with Crippen molar-refractivity contribution in [1.82, 2.24) is 24.7 Å². The van der Waals surface area contributed by atoms with Gasteiger partial charge in [-0.25, -0.2) is 9.48 Å². The SMILES string of the molecule is Cc1nc(=O)[nH]c(C)c1CCC(=O)Nc1ncnn1C(C)C. The molecule has 0 unspecified atom stereocenters. The number of aryl methyl sites for hydroxylation is 2. The molecule has 0 aromatic carbocycles. The van der Waals surface area contributed by atoms with Crippen molar-refractivity contribution in [2.24, 2.45) is 0 Å². The molecule has 2 aromatic heterocycles. The monoisotopic (exact) mass is 304 g/mol. The molecule has 2 heterocycles. The van der Waals surface area contributed by atoms with E-state index in [-0.39, 0.29) is 24.1 Å². The number of hydrogen-bond donors (Lipinski definition) is 2. The first-order chi connectivity index (χ1) is 10.4. The van der Waals surface area contributed by atoms with E-state index in [1.54, 1.807) is 18.5 Å². The largest absolute Gasteiger partial charge is 0.345 e. The van der Waals surface area contributed by atoms with Crippen LogP contribution in [0.1, 0.15) is 43.3 Å². The minimum absolute atomic E-state index is 0.116. The lowest BCUT2D eigenvalue weighted by molar-refractivity contribution is -0.116. The van der Waals surface area contributed by atoms with Crippen LogP contribution in [0.2, 0.25) is 0 Å². The Morgan fingerprint density at radius 1 is 1.41 bits per heavy atom. The summed E-state index contributed by atoms with van der Waals surface area (Å²) in [6.45, 7) is 7.50. The van der Waals surface area contributed by atoms with Crippen molar-refractivity contribution in [3.8, 4) is 0 Å². The number of carbonyl (C=O) groups excluding carboxylic acids is 1. The molecule has 2 aromatic rings. The molecule has 22 heavy (non-hydrogen) atoms. The predicted molar refractivity (Wildman–Crippen MR) is 81.7 cm³/mol. The number of hydrogen-bond acceptors (Lipinski definition) is 5. The van der Waals surface area contributed by atoms with E-state index >= 15 is 0 Å². The standard InChI is InChI=1S/C14H20N6O2/c1-8(2)20-13(15-7-16-20)19-12(21)6-5-11-9(3)17-14(22)18-10(11)4/h7-8H,5-6H2,1-4H3,(H,17,18,22)(H,15,16,19,21). The highest BCUT2D eigenvalue weighted by atomic mass is 16.2. The van der Waals surface area contributed by atoms with Gasteiger partial charge in [0.1, 0.15) is 6.33 Å². The molecule has 0 spiro atoms. The highest BCUT2D eigenvalue weighted by Crippen LogP contribution is 2.12. The fourth-order valence-corrected chi connectivity index (χ4v) is 2.27. The van der Waals surface area contributed by atoms with Crippen LogP contribution >= 0.6 is 0 Å². The van der Waals surface area contributed by atoms with Crippen LogP contribution in [0, 0.1) is 13.8 Å². The summed E-state index contributed by atoms with van der Waals surface area (Å²) < 4.78 is 1.65. The summed E-state index contributed by atoms with van der Waals surface area (Å²) in [5.74, 6) is 0.285. The van der Waals surface area contributed by atoms with Crippen molar-refractivity contribution in [1.29, 1.82) is 0 Å². The first kappa shape index (κ1) is 15.9. The van der Waals surface area contributed by atoms with Crippen LogP contribution < -0.4 is 11.0 Å². The Labute approximate surface area is 128 Å². The van der Waals surface area contributed by atoms with Gasteiger partial charge in [-0.1, -0.05) is 0 Å². The fraction of sp³-hybridized carbons (Fsp3) is 0.500. The zero-order chi connectivity index (χ0) is 16.3. The van der Waals surface area contributed by atoms with E-state index in [9.17, 15) is 9.59 Å². The van der Waals surface area contributed by atoms with Gasteiger partial charge in [0.2, 0.25) is 11.9 Å². The minimum Gasteiger partial charge on any atom is -0.310 e. The van der Waals surface area contributed by atoms with Crippen LogP contribution in [0.25, 0.3) is 0 Å².